The molecule has 0 aliphatic carbocycles. The molecular formula is C6H13NO2. The van der Waals surface area contributed by atoms with Gasteiger partial charge in [-0.05, 0) is 20.8 Å². The molecule has 0 aromatic heterocycles. The number of hydrogen-bond donors (Lipinski definition) is 2. The van der Waals surface area contributed by atoms with Crippen LogP contribution in [0.4, 0.5) is 0 Å². The molecule has 0 aliphatic rings. The van der Waals surface area contributed by atoms with Crippen LogP contribution in [0.3, 0.4) is 0 Å². The second kappa shape index (κ2) is 2.82. The zero-order valence-corrected chi connectivity index (χ0v) is 6.01. The van der Waals surface area contributed by atoms with Crippen LogP contribution in [0.25, 0.3) is 0 Å². The lowest BCUT2D eigenvalue weighted by molar-refractivity contribution is -0.112. The van der Waals surface area contributed by atoms with Crippen LogP contribution in [0.15, 0.2) is 0 Å². The van der Waals surface area contributed by atoms with Gasteiger partial charge in [0.1, 0.15) is 0 Å². The van der Waals surface area contributed by atoms with Crippen LogP contribution in [0.2, 0.25) is 0 Å². The molecule has 1 amide bonds. The second-order valence-electron chi connectivity index (χ2n) is 2.66. The maximum Gasteiger partial charge on any atom is 0.207 e. The van der Waals surface area contributed by atoms with Crippen LogP contribution in [0.1, 0.15) is 20.8 Å². The molecule has 54 valence electrons. The predicted octanol–water partition coefficient (Wildman–Crippen LogP) is -0.108. The Morgan fingerprint density at radius 2 is 2.11 bits per heavy atom. The lowest BCUT2D eigenvalue weighted by Gasteiger charge is -2.26. The van der Waals surface area contributed by atoms with Crippen molar-refractivity contribution in [2.45, 2.75) is 32.4 Å². The Labute approximate surface area is 55.1 Å². The van der Waals surface area contributed by atoms with E-state index in [4.69, 9.17) is 5.11 Å². The maximum absolute atomic E-state index is 9.90. The van der Waals surface area contributed by atoms with Crippen molar-refractivity contribution in [2.75, 3.05) is 0 Å². The number of nitrogens with one attached hydrogen (secondary N) is 1. The van der Waals surface area contributed by atoms with E-state index in [0.29, 0.717) is 6.41 Å². The van der Waals surface area contributed by atoms with E-state index in [-0.39, 0.29) is 0 Å². The summed E-state index contributed by atoms with van der Waals surface area (Å²) in [4.78, 5) is 9.90. The molecule has 0 rings (SSSR count). The molecule has 0 aromatic rings. The molecule has 3 nitrogen and oxygen atoms in total. The van der Waals surface area contributed by atoms with Gasteiger partial charge in [0.2, 0.25) is 6.41 Å². The molecular weight excluding hydrogens is 118 g/mol. The molecule has 0 heterocycles. The quantitative estimate of drug-likeness (QED) is 0.525. The number of aliphatic hydroxyl groups excluding tert-OH is 1. The van der Waals surface area contributed by atoms with Crippen molar-refractivity contribution in [3.8, 4) is 0 Å². The highest BCUT2D eigenvalue weighted by atomic mass is 16.3. The third-order valence-electron chi connectivity index (χ3n) is 1.48. The first-order valence-corrected chi connectivity index (χ1v) is 2.90. The van der Waals surface area contributed by atoms with Gasteiger partial charge in [-0.1, -0.05) is 0 Å². The van der Waals surface area contributed by atoms with Crippen molar-refractivity contribution in [2.24, 2.45) is 0 Å². The Balaban J connectivity index is 3.84. The van der Waals surface area contributed by atoms with Gasteiger partial charge in [-0.2, -0.15) is 0 Å². The zero-order chi connectivity index (χ0) is 7.49. The van der Waals surface area contributed by atoms with Gasteiger partial charge in [-0.15, -0.1) is 0 Å². The fourth-order valence-electron chi connectivity index (χ4n) is 0.272. The minimum Gasteiger partial charge on any atom is -0.391 e. The summed E-state index contributed by atoms with van der Waals surface area (Å²) in [5.74, 6) is 0. The van der Waals surface area contributed by atoms with Crippen molar-refractivity contribution >= 4 is 6.41 Å². The first-order valence-electron chi connectivity index (χ1n) is 2.90. The smallest absolute Gasteiger partial charge is 0.207 e. The predicted molar refractivity (Wildman–Crippen MR) is 35.0 cm³/mol. The maximum atomic E-state index is 9.90. The third-order valence-corrected chi connectivity index (χ3v) is 1.48. The van der Waals surface area contributed by atoms with Gasteiger partial charge >= 0.3 is 0 Å². The number of amides is 1. The Morgan fingerprint density at radius 1 is 1.67 bits per heavy atom. The van der Waals surface area contributed by atoms with Crippen LogP contribution in [-0.4, -0.2) is 23.2 Å². The monoisotopic (exact) mass is 131 g/mol. The molecule has 0 fully saturated rings. The second-order valence-corrected chi connectivity index (χ2v) is 2.66. The van der Waals surface area contributed by atoms with Crippen LogP contribution in [0.5, 0.6) is 0 Å². The molecule has 3 heteroatoms. The first kappa shape index (κ1) is 8.43. The van der Waals surface area contributed by atoms with E-state index in [1.165, 1.54) is 0 Å². The van der Waals surface area contributed by atoms with Crippen LogP contribution in [0, 0.1) is 0 Å². The van der Waals surface area contributed by atoms with E-state index in [0.717, 1.165) is 0 Å². The molecule has 0 radical (unpaired) electrons. The molecule has 0 spiro atoms. The highest BCUT2D eigenvalue weighted by Crippen LogP contribution is 2.05. The molecule has 1 unspecified atom stereocenters. The van der Waals surface area contributed by atoms with Crippen molar-refractivity contribution in [1.82, 2.24) is 5.32 Å². The van der Waals surface area contributed by atoms with Gasteiger partial charge in [0, 0.05) is 0 Å². The summed E-state index contributed by atoms with van der Waals surface area (Å²) >= 11 is 0. The highest BCUT2D eigenvalue weighted by Gasteiger charge is 2.21. The molecule has 0 aliphatic heterocycles. The summed E-state index contributed by atoms with van der Waals surface area (Å²) in [6, 6.07) is 0. The summed E-state index contributed by atoms with van der Waals surface area (Å²) in [5.41, 5.74) is -0.512. The molecule has 0 bridgehead atoms. The van der Waals surface area contributed by atoms with Crippen LogP contribution in [-0.2, 0) is 4.79 Å². The van der Waals surface area contributed by atoms with Crippen molar-refractivity contribution in [3.05, 3.63) is 0 Å². The van der Waals surface area contributed by atoms with E-state index >= 15 is 0 Å². The Kier molecular flexibility index (Phi) is 2.65. The van der Waals surface area contributed by atoms with E-state index in [1.54, 1.807) is 20.8 Å². The van der Waals surface area contributed by atoms with Crippen molar-refractivity contribution in [3.63, 3.8) is 0 Å². The topological polar surface area (TPSA) is 49.3 Å². The van der Waals surface area contributed by atoms with Gasteiger partial charge in [0.15, 0.2) is 0 Å². The molecule has 1 atom stereocenters. The van der Waals surface area contributed by atoms with Crippen LogP contribution >= 0.6 is 0 Å². The van der Waals surface area contributed by atoms with E-state index in [1.807, 2.05) is 0 Å². The lowest BCUT2D eigenvalue weighted by atomic mass is 10.00. The van der Waals surface area contributed by atoms with Gasteiger partial charge in [0.05, 0.1) is 11.6 Å². The highest BCUT2D eigenvalue weighted by molar-refractivity contribution is 5.47. The summed E-state index contributed by atoms with van der Waals surface area (Å²) in [7, 11) is 0. The Hall–Kier alpha value is -0.570. The van der Waals surface area contributed by atoms with Crippen molar-refractivity contribution < 1.29 is 9.90 Å². The number of rotatable bonds is 3. The standard InChI is InChI=1S/C6H13NO2/c1-5(9)6(2,3)7-4-8/h4-5,9H,1-3H3,(H,7,8). The minimum atomic E-state index is -0.525. The normalized spacial score (nSPS) is 14.7. The zero-order valence-electron chi connectivity index (χ0n) is 6.01. The lowest BCUT2D eigenvalue weighted by Crippen LogP contribution is -2.47. The molecule has 0 aromatic carbocycles. The SMILES string of the molecule is CC(O)C(C)(C)NC=O. The Morgan fingerprint density at radius 3 is 2.22 bits per heavy atom. The average Bonchev–Trinajstić information content (AvgIpc) is 1.65. The minimum absolute atomic E-state index is 0.512. The fraction of sp³-hybridized carbons (Fsp3) is 0.833. The summed E-state index contributed by atoms with van der Waals surface area (Å²) in [6.07, 6.45) is 0.0647. The summed E-state index contributed by atoms with van der Waals surface area (Å²) in [5, 5.41) is 11.5. The molecule has 9 heavy (non-hydrogen) atoms. The third kappa shape index (κ3) is 2.46. The summed E-state index contributed by atoms with van der Waals surface area (Å²) in [6.45, 7) is 5.15. The largest absolute Gasteiger partial charge is 0.391 e. The fourth-order valence-corrected chi connectivity index (χ4v) is 0.272. The number of carbonyl (C=O) groups is 1. The Bertz CT molecular complexity index is 99.2. The average molecular weight is 131 g/mol. The van der Waals surface area contributed by atoms with Crippen LogP contribution < -0.4 is 5.32 Å². The van der Waals surface area contributed by atoms with E-state index in [2.05, 4.69) is 5.32 Å². The number of hydrogen-bond acceptors (Lipinski definition) is 2. The molecule has 0 saturated carbocycles. The number of aliphatic hydroxyl groups is 1. The summed E-state index contributed by atoms with van der Waals surface area (Å²) < 4.78 is 0. The molecule has 0 saturated heterocycles. The van der Waals surface area contributed by atoms with Gasteiger partial charge in [0.25, 0.3) is 0 Å². The molecule has 2 N–H and O–H groups in total. The van der Waals surface area contributed by atoms with Crippen molar-refractivity contribution in [1.29, 1.82) is 0 Å². The van der Waals surface area contributed by atoms with E-state index in [9.17, 15) is 4.79 Å². The van der Waals surface area contributed by atoms with Gasteiger partial charge < -0.3 is 10.4 Å². The number of carbonyl (C=O) groups excluding carboxylic acids is 1. The first-order chi connectivity index (χ1) is 4.00. The van der Waals surface area contributed by atoms with E-state index < -0.39 is 11.6 Å². The van der Waals surface area contributed by atoms with Gasteiger partial charge in [-0.25, -0.2) is 0 Å². The van der Waals surface area contributed by atoms with Gasteiger partial charge in [-0.3, -0.25) is 4.79 Å².